The van der Waals surface area contributed by atoms with Crippen LogP contribution in [-0.4, -0.2) is 18.8 Å². The fraction of sp³-hybridized carbons (Fsp3) is 0.375. The zero-order valence-corrected chi connectivity index (χ0v) is 12.9. The molecule has 2 nitrogen and oxygen atoms in total. The maximum Gasteiger partial charge on any atom is 0.0816 e. The predicted molar refractivity (Wildman–Crippen MR) is 82.3 cm³/mol. The molecule has 0 fully saturated rings. The predicted octanol–water partition coefficient (Wildman–Crippen LogP) is 4.31. The van der Waals surface area contributed by atoms with Gasteiger partial charge in [-0.1, -0.05) is 41.1 Å². The summed E-state index contributed by atoms with van der Waals surface area (Å²) in [5.74, 6) is 0.188. The number of hydrogen-bond acceptors (Lipinski definition) is 2. The molecule has 2 atom stereocenters. The van der Waals surface area contributed by atoms with Gasteiger partial charge in [-0.15, -0.1) is 0 Å². The van der Waals surface area contributed by atoms with Crippen LogP contribution >= 0.6 is 15.9 Å². The highest BCUT2D eigenvalue weighted by Crippen LogP contribution is 2.28. The first kappa shape index (κ1) is 14.5. The van der Waals surface area contributed by atoms with Crippen molar-refractivity contribution in [2.24, 2.45) is 5.92 Å². The van der Waals surface area contributed by atoms with Crippen LogP contribution in [0.25, 0.3) is 10.8 Å². The molecule has 102 valence electrons. The summed E-state index contributed by atoms with van der Waals surface area (Å²) in [6.45, 7) is 2.73. The minimum absolute atomic E-state index is 0.188. The van der Waals surface area contributed by atoms with Crippen LogP contribution in [0.15, 0.2) is 40.9 Å². The molecule has 0 spiro atoms. The highest BCUT2D eigenvalue weighted by Gasteiger charge is 2.16. The molecule has 0 bridgehead atoms. The van der Waals surface area contributed by atoms with Gasteiger partial charge in [0.2, 0.25) is 0 Å². The largest absolute Gasteiger partial charge is 0.388 e. The summed E-state index contributed by atoms with van der Waals surface area (Å²) in [6, 6.07) is 12.3. The van der Waals surface area contributed by atoms with Crippen LogP contribution in [0, 0.1) is 5.92 Å². The number of aliphatic hydroxyl groups excluding tert-OH is 1. The second kappa shape index (κ2) is 6.51. The van der Waals surface area contributed by atoms with E-state index in [9.17, 15) is 5.11 Å². The van der Waals surface area contributed by atoms with Gasteiger partial charge in [-0.05, 0) is 46.9 Å². The van der Waals surface area contributed by atoms with Crippen LogP contribution in [-0.2, 0) is 4.74 Å². The van der Waals surface area contributed by atoms with Crippen LogP contribution in [0.2, 0.25) is 0 Å². The summed E-state index contributed by atoms with van der Waals surface area (Å²) in [7, 11) is 1.69. The first-order valence-electron chi connectivity index (χ1n) is 6.48. The Kier molecular flexibility index (Phi) is 4.97. The Morgan fingerprint density at radius 2 is 1.84 bits per heavy atom. The fourth-order valence-electron chi connectivity index (χ4n) is 2.21. The second-order valence-electron chi connectivity index (χ2n) is 4.95. The van der Waals surface area contributed by atoms with E-state index in [1.807, 2.05) is 12.1 Å². The molecule has 0 radical (unpaired) electrons. The lowest BCUT2D eigenvalue weighted by Crippen LogP contribution is -2.11. The van der Waals surface area contributed by atoms with Crippen LogP contribution in [0.1, 0.15) is 25.0 Å². The van der Waals surface area contributed by atoms with Gasteiger partial charge < -0.3 is 9.84 Å². The molecule has 0 heterocycles. The van der Waals surface area contributed by atoms with Gasteiger partial charge in [0.05, 0.1) is 6.10 Å². The van der Waals surface area contributed by atoms with E-state index in [0.29, 0.717) is 6.61 Å². The van der Waals surface area contributed by atoms with Gasteiger partial charge in [0.1, 0.15) is 0 Å². The Labute approximate surface area is 122 Å². The van der Waals surface area contributed by atoms with Crippen molar-refractivity contribution in [3.8, 4) is 0 Å². The van der Waals surface area contributed by atoms with E-state index in [0.717, 1.165) is 21.8 Å². The van der Waals surface area contributed by atoms with E-state index in [1.54, 1.807) is 7.11 Å². The van der Waals surface area contributed by atoms with E-state index in [4.69, 9.17) is 4.74 Å². The minimum Gasteiger partial charge on any atom is -0.388 e. The molecular formula is C16H19BrO2. The van der Waals surface area contributed by atoms with E-state index in [2.05, 4.69) is 47.1 Å². The lowest BCUT2D eigenvalue weighted by molar-refractivity contribution is 0.0887. The van der Waals surface area contributed by atoms with Crippen LogP contribution < -0.4 is 0 Å². The molecule has 3 heteroatoms. The number of aliphatic hydroxyl groups is 1. The van der Waals surface area contributed by atoms with Crippen molar-refractivity contribution >= 4 is 26.7 Å². The molecule has 19 heavy (non-hydrogen) atoms. The molecule has 2 rings (SSSR count). The highest BCUT2D eigenvalue weighted by atomic mass is 79.9. The Morgan fingerprint density at radius 1 is 1.16 bits per heavy atom. The van der Waals surface area contributed by atoms with Crippen molar-refractivity contribution in [2.75, 3.05) is 13.7 Å². The number of ether oxygens (including phenoxy) is 1. The fourth-order valence-corrected chi connectivity index (χ4v) is 2.59. The Balaban J connectivity index is 2.22. The Hall–Kier alpha value is -0.900. The highest BCUT2D eigenvalue weighted by molar-refractivity contribution is 9.10. The van der Waals surface area contributed by atoms with Gasteiger partial charge >= 0.3 is 0 Å². The number of benzene rings is 2. The Morgan fingerprint density at radius 3 is 2.58 bits per heavy atom. The molecule has 0 saturated heterocycles. The summed E-state index contributed by atoms with van der Waals surface area (Å²) < 4.78 is 6.14. The van der Waals surface area contributed by atoms with E-state index in [1.165, 1.54) is 5.39 Å². The molecule has 0 aliphatic rings. The third kappa shape index (κ3) is 3.56. The molecule has 0 aliphatic heterocycles. The molecule has 0 aliphatic carbocycles. The Bertz CT molecular complexity index is 553. The zero-order chi connectivity index (χ0) is 13.8. The monoisotopic (exact) mass is 322 g/mol. The molecule has 2 aromatic carbocycles. The van der Waals surface area contributed by atoms with Gasteiger partial charge in [0.25, 0.3) is 0 Å². The summed E-state index contributed by atoms with van der Waals surface area (Å²) in [6.07, 6.45) is 0.416. The maximum atomic E-state index is 10.4. The van der Waals surface area contributed by atoms with Crippen molar-refractivity contribution in [1.29, 1.82) is 0 Å². The molecule has 0 amide bonds. The smallest absolute Gasteiger partial charge is 0.0816 e. The number of halogens is 1. The first-order chi connectivity index (χ1) is 9.11. The van der Waals surface area contributed by atoms with Crippen molar-refractivity contribution < 1.29 is 9.84 Å². The SMILES string of the molecule is COCCC(C)C(O)c1ccc2cc(Br)ccc2c1. The van der Waals surface area contributed by atoms with Crippen molar-refractivity contribution in [3.63, 3.8) is 0 Å². The quantitative estimate of drug-likeness (QED) is 0.888. The average Bonchev–Trinajstić information content (AvgIpc) is 2.43. The summed E-state index contributed by atoms with van der Waals surface area (Å²) >= 11 is 3.47. The molecule has 1 N–H and O–H groups in total. The normalized spacial score (nSPS) is 14.5. The summed E-state index contributed by atoms with van der Waals surface area (Å²) in [5, 5.41) is 12.7. The summed E-state index contributed by atoms with van der Waals surface area (Å²) in [4.78, 5) is 0. The first-order valence-corrected chi connectivity index (χ1v) is 7.27. The lowest BCUT2D eigenvalue weighted by Gasteiger charge is -2.19. The molecule has 2 aromatic rings. The molecule has 0 aromatic heterocycles. The van der Waals surface area contributed by atoms with Gasteiger partial charge in [0.15, 0.2) is 0 Å². The topological polar surface area (TPSA) is 29.5 Å². The summed E-state index contributed by atoms with van der Waals surface area (Å²) in [5.41, 5.74) is 0.971. The van der Waals surface area contributed by atoms with Gasteiger partial charge in [-0.2, -0.15) is 0 Å². The van der Waals surface area contributed by atoms with Crippen molar-refractivity contribution in [3.05, 3.63) is 46.4 Å². The van der Waals surface area contributed by atoms with Crippen molar-refractivity contribution in [1.82, 2.24) is 0 Å². The number of hydrogen-bond donors (Lipinski definition) is 1. The van der Waals surface area contributed by atoms with Gasteiger partial charge in [-0.25, -0.2) is 0 Å². The minimum atomic E-state index is -0.441. The van der Waals surface area contributed by atoms with Gasteiger partial charge in [-0.3, -0.25) is 0 Å². The van der Waals surface area contributed by atoms with Crippen LogP contribution in [0.3, 0.4) is 0 Å². The standard InChI is InChI=1S/C16H19BrO2/c1-11(7-8-19-2)16(18)14-4-3-13-10-15(17)6-5-12(13)9-14/h3-6,9-11,16,18H,7-8H2,1-2H3. The lowest BCUT2D eigenvalue weighted by atomic mass is 9.93. The van der Waals surface area contributed by atoms with E-state index in [-0.39, 0.29) is 5.92 Å². The third-order valence-corrected chi connectivity index (χ3v) is 3.98. The van der Waals surface area contributed by atoms with Crippen LogP contribution in [0.4, 0.5) is 0 Å². The van der Waals surface area contributed by atoms with Crippen molar-refractivity contribution in [2.45, 2.75) is 19.4 Å². The second-order valence-corrected chi connectivity index (χ2v) is 5.87. The third-order valence-electron chi connectivity index (χ3n) is 3.48. The van der Waals surface area contributed by atoms with Crippen LogP contribution in [0.5, 0.6) is 0 Å². The molecule has 2 unspecified atom stereocenters. The average molecular weight is 323 g/mol. The maximum absolute atomic E-state index is 10.4. The molecular weight excluding hydrogens is 304 g/mol. The zero-order valence-electron chi connectivity index (χ0n) is 11.3. The number of methoxy groups -OCH3 is 1. The molecule has 0 saturated carbocycles. The van der Waals surface area contributed by atoms with E-state index >= 15 is 0 Å². The number of fused-ring (bicyclic) bond motifs is 1. The number of rotatable bonds is 5. The van der Waals surface area contributed by atoms with E-state index < -0.39 is 6.10 Å². The van der Waals surface area contributed by atoms with Gasteiger partial charge in [0, 0.05) is 18.2 Å².